The molecular weight excluding hydrogens is 360 g/mol. The maximum atomic E-state index is 12.4. The first-order chi connectivity index (χ1) is 12.6. The van der Waals surface area contributed by atoms with Crippen LogP contribution in [-0.4, -0.2) is 28.7 Å². The molecule has 1 aromatic rings. The van der Waals surface area contributed by atoms with Gasteiger partial charge < -0.3 is 9.84 Å². The molecule has 1 unspecified atom stereocenters. The van der Waals surface area contributed by atoms with Crippen molar-refractivity contribution in [3.8, 4) is 0 Å². The van der Waals surface area contributed by atoms with Gasteiger partial charge in [-0.3, -0.25) is 4.79 Å². The van der Waals surface area contributed by atoms with E-state index < -0.39 is 11.6 Å². The van der Waals surface area contributed by atoms with Crippen molar-refractivity contribution in [2.75, 3.05) is 6.26 Å². The van der Waals surface area contributed by atoms with Crippen molar-refractivity contribution >= 4 is 23.5 Å². The summed E-state index contributed by atoms with van der Waals surface area (Å²) in [5.41, 5.74) is 1.25. The van der Waals surface area contributed by atoms with Gasteiger partial charge in [0.1, 0.15) is 5.76 Å². The predicted molar refractivity (Wildman–Crippen MR) is 109 cm³/mol. The summed E-state index contributed by atoms with van der Waals surface area (Å²) >= 11 is 1.64. The van der Waals surface area contributed by atoms with Crippen molar-refractivity contribution in [1.82, 2.24) is 0 Å². The number of carboxylic acid groups (broad SMARTS) is 1. The van der Waals surface area contributed by atoms with E-state index in [2.05, 4.69) is 0 Å². The Hall–Kier alpha value is -2.27. The first-order valence-corrected chi connectivity index (χ1v) is 10.0. The third-order valence-corrected chi connectivity index (χ3v) is 5.24. The summed E-state index contributed by atoms with van der Waals surface area (Å²) in [6.07, 6.45) is 8.22. The number of rotatable bonds is 7. The van der Waals surface area contributed by atoms with E-state index >= 15 is 0 Å². The van der Waals surface area contributed by atoms with Crippen LogP contribution in [0, 0.1) is 5.92 Å². The summed E-state index contributed by atoms with van der Waals surface area (Å²) in [5, 5.41) is 9.27. The molecule has 0 spiro atoms. The SMILES string of the molecule is CSc1ccc(C(=O)/C=C/C2C=C(C)C(OC(C)(C)C(=O)O)=C(C)C2)cc1. The van der Waals surface area contributed by atoms with Crippen LogP contribution in [0.15, 0.2) is 64.3 Å². The topological polar surface area (TPSA) is 63.6 Å². The average Bonchev–Trinajstić information content (AvgIpc) is 2.62. The summed E-state index contributed by atoms with van der Waals surface area (Å²) in [5.74, 6) is -0.314. The Morgan fingerprint density at radius 3 is 2.37 bits per heavy atom. The fourth-order valence-corrected chi connectivity index (χ4v) is 3.30. The summed E-state index contributed by atoms with van der Waals surface area (Å²) in [7, 11) is 0. The van der Waals surface area contributed by atoms with Crippen LogP contribution in [-0.2, 0) is 9.53 Å². The monoisotopic (exact) mass is 386 g/mol. The van der Waals surface area contributed by atoms with Crippen LogP contribution < -0.4 is 0 Å². The third kappa shape index (κ3) is 5.36. The Bertz CT molecular complexity index is 813. The van der Waals surface area contributed by atoms with E-state index in [9.17, 15) is 14.7 Å². The van der Waals surface area contributed by atoms with Gasteiger partial charge in [-0.05, 0) is 87.8 Å². The van der Waals surface area contributed by atoms with Crippen molar-refractivity contribution in [3.05, 3.63) is 65.0 Å². The second-order valence-corrected chi connectivity index (χ2v) is 8.08. The Kier molecular flexibility index (Phi) is 6.71. The molecule has 0 heterocycles. The van der Waals surface area contributed by atoms with Crippen LogP contribution in [0.3, 0.4) is 0 Å². The summed E-state index contributed by atoms with van der Waals surface area (Å²) in [6.45, 7) is 6.92. The first kappa shape index (κ1) is 21.0. The molecule has 4 nitrogen and oxygen atoms in total. The maximum Gasteiger partial charge on any atom is 0.347 e. The summed E-state index contributed by atoms with van der Waals surface area (Å²) in [6, 6.07) is 7.56. The lowest BCUT2D eigenvalue weighted by Crippen LogP contribution is -2.35. The zero-order valence-electron chi connectivity index (χ0n) is 16.4. The highest BCUT2D eigenvalue weighted by atomic mass is 32.2. The van der Waals surface area contributed by atoms with Gasteiger partial charge in [0.05, 0.1) is 0 Å². The fourth-order valence-electron chi connectivity index (χ4n) is 2.89. The number of hydrogen-bond acceptors (Lipinski definition) is 4. The first-order valence-electron chi connectivity index (χ1n) is 8.81. The number of aliphatic carboxylic acids is 1. The van der Waals surface area contributed by atoms with Gasteiger partial charge in [-0.2, -0.15) is 0 Å². The Balaban J connectivity index is 2.08. The predicted octanol–water partition coefficient (Wildman–Crippen LogP) is 5.27. The fraction of sp³-hybridized carbons (Fsp3) is 0.364. The number of carbonyl (C=O) groups excluding carboxylic acids is 1. The average molecular weight is 387 g/mol. The lowest BCUT2D eigenvalue weighted by molar-refractivity contribution is -0.156. The largest absolute Gasteiger partial charge is 0.478 e. The number of ether oxygens (including phenoxy) is 1. The molecule has 1 atom stereocenters. The second kappa shape index (κ2) is 8.61. The summed E-state index contributed by atoms with van der Waals surface area (Å²) in [4.78, 5) is 24.8. The Morgan fingerprint density at radius 1 is 1.22 bits per heavy atom. The van der Waals surface area contributed by atoms with Gasteiger partial charge in [0.25, 0.3) is 0 Å². The minimum atomic E-state index is -1.28. The lowest BCUT2D eigenvalue weighted by atomic mass is 9.89. The molecule has 0 saturated heterocycles. The number of carbonyl (C=O) groups is 2. The van der Waals surface area contributed by atoms with Gasteiger partial charge >= 0.3 is 5.97 Å². The minimum absolute atomic E-state index is 0.0237. The number of benzene rings is 1. The molecule has 0 fully saturated rings. The Morgan fingerprint density at radius 2 is 1.85 bits per heavy atom. The van der Waals surface area contributed by atoms with Crippen LogP contribution in [0.2, 0.25) is 0 Å². The van der Waals surface area contributed by atoms with Crippen LogP contribution in [0.5, 0.6) is 0 Å². The maximum absolute atomic E-state index is 12.4. The normalized spacial score (nSPS) is 17.8. The van der Waals surface area contributed by atoms with E-state index in [-0.39, 0.29) is 11.7 Å². The van der Waals surface area contributed by atoms with Crippen LogP contribution in [0.4, 0.5) is 0 Å². The van der Waals surface area contributed by atoms with Crippen molar-refractivity contribution in [2.45, 2.75) is 44.6 Å². The molecule has 1 aliphatic rings. The second-order valence-electron chi connectivity index (χ2n) is 7.20. The van der Waals surface area contributed by atoms with E-state index in [1.54, 1.807) is 17.8 Å². The molecule has 27 heavy (non-hydrogen) atoms. The standard InChI is InChI=1S/C22H26O4S/c1-14-12-16(13-15(2)20(14)26-22(3,4)21(24)25)6-11-19(23)17-7-9-18(27-5)10-8-17/h6-12,16H,13H2,1-5H3,(H,24,25)/b11-6+. The number of carboxylic acids is 1. The molecule has 2 rings (SSSR count). The van der Waals surface area contributed by atoms with Crippen LogP contribution >= 0.6 is 11.8 Å². The molecule has 5 heteroatoms. The zero-order chi connectivity index (χ0) is 20.2. The number of hydrogen-bond donors (Lipinski definition) is 1. The molecule has 0 radical (unpaired) electrons. The number of allylic oxidation sites excluding steroid dienone is 5. The van der Waals surface area contributed by atoms with Crippen molar-refractivity contribution < 1.29 is 19.4 Å². The highest BCUT2D eigenvalue weighted by molar-refractivity contribution is 7.98. The van der Waals surface area contributed by atoms with Gasteiger partial charge in [0.15, 0.2) is 11.4 Å². The Labute approximate surface area is 165 Å². The molecule has 0 amide bonds. The molecule has 1 aromatic carbocycles. The summed E-state index contributed by atoms with van der Waals surface area (Å²) < 4.78 is 5.75. The van der Waals surface area contributed by atoms with Crippen molar-refractivity contribution in [3.63, 3.8) is 0 Å². The van der Waals surface area contributed by atoms with E-state index in [4.69, 9.17) is 4.74 Å². The van der Waals surface area contributed by atoms with E-state index in [0.29, 0.717) is 17.7 Å². The highest BCUT2D eigenvalue weighted by Crippen LogP contribution is 2.33. The van der Waals surface area contributed by atoms with E-state index in [1.165, 1.54) is 13.8 Å². The number of thioether (sulfide) groups is 1. The molecule has 1 N–H and O–H groups in total. The zero-order valence-corrected chi connectivity index (χ0v) is 17.2. The molecule has 0 aliphatic heterocycles. The quantitative estimate of drug-likeness (QED) is 0.393. The molecule has 1 aliphatic carbocycles. The molecular formula is C22H26O4S. The third-order valence-electron chi connectivity index (χ3n) is 4.49. The smallest absolute Gasteiger partial charge is 0.347 e. The molecule has 144 valence electrons. The van der Waals surface area contributed by atoms with Gasteiger partial charge in [-0.1, -0.05) is 12.2 Å². The molecule has 0 saturated carbocycles. The van der Waals surface area contributed by atoms with Gasteiger partial charge in [-0.25, -0.2) is 4.79 Å². The molecule has 0 bridgehead atoms. The van der Waals surface area contributed by atoms with Crippen molar-refractivity contribution in [1.29, 1.82) is 0 Å². The van der Waals surface area contributed by atoms with Crippen molar-refractivity contribution in [2.24, 2.45) is 5.92 Å². The highest BCUT2D eigenvalue weighted by Gasteiger charge is 2.32. The lowest BCUT2D eigenvalue weighted by Gasteiger charge is -2.29. The van der Waals surface area contributed by atoms with Crippen LogP contribution in [0.25, 0.3) is 0 Å². The molecule has 0 aromatic heterocycles. The van der Waals surface area contributed by atoms with E-state index in [1.807, 2.05) is 56.5 Å². The van der Waals surface area contributed by atoms with Gasteiger partial charge in [0, 0.05) is 10.5 Å². The van der Waals surface area contributed by atoms with E-state index in [0.717, 1.165) is 16.0 Å². The van der Waals surface area contributed by atoms with Crippen LogP contribution in [0.1, 0.15) is 44.5 Å². The minimum Gasteiger partial charge on any atom is -0.478 e. The van der Waals surface area contributed by atoms with Gasteiger partial charge in [0.2, 0.25) is 0 Å². The van der Waals surface area contributed by atoms with Gasteiger partial charge in [-0.15, -0.1) is 11.8 Å². The number of ketones is 1.